The fourth-order valence-corrected chi connectivity index (χ4v) is 3.21. The molecule has 2 aromatic heterocycles. The van der Waals surface area contributed by atoms with Crippen LogP contribution in [0.5, 0.6) is 0 Å². The number of carbonyl (C=O) groups excluding carboxylic acids is 2. The zero-order valence-electron chi connectivity index (χ0n) is 14.4. The largest absolute Gasteiger partial charge is 0.369 e. The van der Waals surface area contributed by atoms with E-state index < -0.39 is 0 Å². The fourth-order valence-electron chi connectivity index (χ4n) is 3.21. The summed E-state index contributed by atoms with van der Waals surface area (Å²) >= 11 is 0. The Labute approximate surface area is 146 Å². The van der Waals surface area contributed by atoms with Crippen LogP contribution in [0.25, 0.3) is 11.4 Å². The van der Waals surface area contributed by atoms with Gasteiger partial charge in [0.15, 0.2) is 0 Å². The van der Waals surface area contributed by atoms with E-state index in [1.807, 2.05) is 29.9 Å². The quantitative estimate of drug-likeness (QED) is 0.702. The van der Waals surface area contributed by atoms with E-state index in [2.05, 4.69) is 20.4 Å². The number of primary amides is 1. The minimum Gasteiger partial charge on any atom is -0.369 e. The van der Waals surface area contributed by atoms with E-state index in [1.165, 1.54) is 0 Å². The molecular formula is C17H24N6O2. The van der Waals surface area contributed by atoms with E-state index in [4.69, 9.17) is 5.73 Å². The Morgan fingerprint density at radius 1 is 1.48 bits per heavy atom. The highest BCUT2D eigenvalue weighted by Crippen LogP contribution is 2.17. The molecule has 1 fully saturated rings. The predicted molar refractivity (Wildman–Crippen MR) is 93.7 cm³/mol. The van der Waals surface area contributed by atoms with E-state index >= 15 is 0 Å². The summed E-state index contributed by atoms with van der Waals surface area (Å²) in [5.74, 6) is -0.499. The van der Waals surface area contributed by atoms with Crippen LogP contribution in [0, 0.1) is 5.92 Å². The first-order valence-corrected chi connectivity index (χ1v) is 8.51. The minimum absolute atomic E-state index is 0.0788. The van der Waals surface area contributed by atoms with Gasteiger partial charge in [-0.1, -0.05) is 0 Å². The summed E-state index contributed by atoms with van der Waals surface area (Å²) in [5, 5.41) is 9.87. The van der Waals surface area contributed by atoms with Crippen molar-refractivity contribution in [3.63, 3.8) is 0 Å². The highest BCUT2D eigenvalue weighted by atomic mass is 16.2. The third-order valence-corrected chi connectivity index (χ3v) is 4.65. The number of H-pyrrole nitrogens is 1. The first-order chi connectivity index (χ1) is 12.0. The molecule has 0 radical (unpaired) electrons. The van der Waals surface area contributed by atoms with Gasteiger partial charge in [-0.15, -0.1) is 0 Å². The van der Waals surface area contributed by atoms with Gasteiger partial charge in [-0.05, 0) is 37.6 Å². The molecule has 25 heavy (non-hydrogen) atoms. The average molecular weight is 344 g/mol. The summed E-state index contributed by atoms with van der Waals surface area (Å²) in [6.07, 6.45) is 3.75. The van der Waals surface area contributed by atoms with Crippen molar-refractivity contribution in [1.29, 1.82) is 0 Å². The molecule has 0 unspecified atom stereocenters. The molecule has 8 heteroatoms. The van der Waals surface area contributed by atoms with Gasteiger partial charge in [0.25, 0.3) is 5.91 Å². The molecule has 0 aromatic carbocycles. The number of aromatic amines is 1. The van der Waals surface area contributed by atoms with Gasteiger partial charge in [-0.25, -0.2) is 0 Å². The van der Waals surface area contributed by atoms with Gasteiger partial charge < -0.3 is 20.5 Å². The number of hydrogen-bond donors (Lipinski definition) is 3. The maximum atomic E-state index is 12.2. The summed E-state index contributed by atoms with van der Waals surface area (Å²) in [6.45, 7) is 2.82. The van der Waals surface area contributed by atoms with Crippen molar-refractivity contribution in [3.8, 4) is 11.4 Å². The number of likely N-dealkylation sites (tertiary alicyclic amines) is 1. The lowest BCUT2D eigenvalue weighted by Crippen LogP contribution is -2.44. The van der Waals surface area contributed by atoms with E-state index in [9.17, 15) is 9.59 Å². The van der Waals surface area contributed by atoms with Crippen LogP contribution in [0.1, 0.15) is 23.3 Å². The monoisotopic (exact) mass is 344 g/mol. The number of aromatic nitrogens is 3. The molecule has 0 spiro atoms. The number of amides is 2. The van der Waals surface area contributed by atoms with Crippen molar-refractivity contribution in [2.75, 3.05) is 26.2 Å². The molecule has 1 aliphatic heterocycles. The van der Waals surface area contributed by atoms with Gasteiger partial charge in [0.2, 0.25) is 5.91 Å². The Morgan fingerprint density at radius 3 is 3.04 bits per heavy atom. The maximum Gasteiger partial charge on any atom is 0.269 e. The van der Waals surface area contributed by atoms with Crippen LogP contribution in [-0.2, 0) is 11.8 Å². The number of hydrogen-bond acceptors (Lipinski definition) is 4. The molecule has 2 amide bonds. The lowest BCUT2D eigenvalue weighted by Gasteiger charge is -2.30. The lowest BCUT2D eigenvalue weighted by molar-refractivity contribution is -0.123. The number of carbonyl (C=O) groups is 2. The van der Waals surface area contributed by atoms with E-state index in [1.54, 1.807) is 6.07 Å². The number of nitrogens with zero attached hydrogens (tertiary/aromatic N) is 3. The zero-order valence-corrected chi connectivity index (χ0v) is 14.4. The van der Waals surface area contributed by atoms with E-state index in [0.29, 0.717) is 25.3 Å². The second-order valence-electron chi connectivity index (χ2n) is 6.47. The molecular weight excluding hydrogens is 320 g/mol. The molecule has 3 heterocycles. The fraction of sp³-hybridized carbons (Fsp3) is 0.471. The van der Waals surface area contributed by atoms with Crippen LogP contribution >= 0.6 is 0 Å². The first kappa shape index (κ1) is 17.2. The van der Waals surface area contributed by atoms with E-state index in [-0.39, 0.29) is 17.7 Å². The second kappa shape index (κ2) is 7.52. The van der Waals surface area contributed by atoms with Crippen molar-refractivity contribution in [2.45, 2.75) is 12.8 Å². The van der Waals surface area contributed by atoms with Gasteiger partial charge in [-0.2, -0.15) is 5.10 Å². The van der Waals surface area contributed by atoms with Crippen molar-refractivity contribution in [3.05, 3.63) is 30.1 Å². The Morgan fingerprint density at radius 2 is 2.32 bits per heavy atom. The topological polar surface area (TPSA) is 109 Å². The standard InChI is InChI=1S/C17H24N6O2/c1-22-7-3-5-15(22)13-10-14(21-20-13)17(25)19-6-9-23-8-2-4-12(11-23)16(18)24/h3,5,7,10,12H,2,4,6,8-9,11H2,1H3,(H2,18,24)(H,19,25)(H,20,21)/t12-/m0/s1. The molecule has 1 saturated heterocycles. The second-order valence-corrected chi connectivity index (χ2v) is 6.47. The molecule has 0 aliphatic carbocycles. The first-order valence-electron chi connectivity index (χ1n) is 8.51. The number of rotatable bonds is 6. The summed E-state index contributed by atoms with van der Waals surface area (Å²) in [4.78, 5) is 25.7. The lowest BCUT2D eigenvalue weighted by atomic mass is 9.97. The van der Waals surface area contributed by atoms with Crippen LogP contribution in [0.3, 0.4) is 0 Å². The summed E-state index contributed by atoms with van der Waals surface area (Å²) in [7, 11) is 1.93. The third-order valence-electron chi connectivity index (χ3n) is 4.65. The van der Waals surface area contributed by atoms with Gasteiger partial charge >= 0.3 is 0 Å². The molecule has 134 valence electrons. The highest BCUT2D eigenvalue weighted by molar-refractivity contribution is 5.93. The summed E-state index contributed by atoms with van der Waals surface area (Å²) in [6, 6.07) is 5.62. The number of nitrogens with one attached hydrogen (secondary N) is 2. The Bertz CT molecular complexity index is 750. The number of aryl methyl sites for hydroxylation is 1. The van der Waals surface area contributed by atoms with Crippen LogP contribution in [0.2, 0.25) is 0 Å². The molecule has 0 bridgehead atoms. The Hall–Kier alpha value is -2.61. The summed E-state index contributed by atoms with van der Waals surface area (Å²) < 4.78 is 1.95. The van der Waals surface area contributed by atoms with Gasteiger partial charge in [0.05, 0.1) is 11.6 Å². The minimum atomic E-state index is -0.237. The van der Waals surface area contributed by atoms with Crippen LogP contribution in [-0.4, -0.2) is 57.7 Å². The molecule has 1 aliphatic rings. The van der Waals surface area contributed by atoms with Crippen molar-refractivity contribution in [1.82, 2.24) is 25.0 Å². The van der Waals surface area contributed by atoms with Crippen LogP contribution in [0.4, 0.5) is 0 Å². The molecule has 2 aromatic rings. The van der Waals surface area contributed by atoms with Gasteiger partial charge in [0.1, 0.15) is 11.4 Å². The van der Waals surface area contributed by atoms with Crippen LogP contribution < -0.4 is 11.1 Å². The Balaban J connectivity index is 1.49. The molecule has 1 atom stereocenters. The van der Waals surface area contributed by atoms with Crippen molar-refractivity contribution >= 4 is 11.8 Å². The summed E-state index contributed by atoms with van der Waals surface area (Å²) in [5.41, 5.74) is 7.50. The third kappa shape index (κ3) is 4.08. The SMILES string of the molecule is Cn1cccc1-c1cc(C(=O)NCCN2CCC[C@H](C(N)=O)C2)[nH]n1. The van der Waals surface area contributed by atoms with Gasteiger partial charge in [0, 0.05) is 32.9 Å². The Kier molecular flexibility index (Phi) is 5.18. The van der Waals surface area contributed by atoms with E-state index in [0.717, 1.165) is 30.8 Å². The molecule has 4 N–H and O–H groups in total. The number of piperidine rings is 1. The van der Waals surface area contributed by atoms with Crippen LogP contribution in [0.15, 0.2) is 24.4 Å². The molecule has 3 rings (SSSR count). The number of nitrogens with two attached hydrogens (primary N) is 1. The molecule has 0 saturated carbocycles. The average Bonchev–Trinajstić information content (AvgIpc) is 3.23. The van der Waals surface area contributed by atoms with Crippen molar-refractivity contribution < 1.29 is 9.59 Å². The maximum absolute atomic E-state index is 12.2. The zero-order chi connectivity index (χ0) is 17.8. The normalized spacial score (nSPS) is 18.2. The smallest absolute Gasteiger partial charge is 0.269 e. The van der Waals surface area contributed by atoms with Crippen molar-refractivity contribution in [2.24, 2.45) is 18.7 Å². The highest BCUT2D eigenvalue weighted by Gasteiger charge is 2.23. The van der Waals surface area contributed by atoms with Gasteiger partial charge in [-0.3, -0.25) is 14.7 Å². The molecule has 8 nitrogen and oxygen atoms in total. The predicted octanol–water partition coefficient (Wildman–Crippen LogP) is 0.342.